The van der Waals surface area contributed by atoms with Crippen LogP contribution in [0.4, 0.5) is 5.82 Å². The standard InChI is InChI=1S/C18H18N4S/c1-2-3-4-15-21-16-13-6-5-11(12-7-8-23-10-12)9-14(13)20-18(19)17(16)22-15/h5-10H,2-4H2,1H3,(H2,19,20)(H,21,22). The average Bonchev–Trinajstić information content (AvgIpc) is 3.22. The molecule has 4 rings (SSSR count). The van der Waals surface area contributed by atoms with Crippen molar-refractivity contribution in [2.75, 3.05) is 5.73 Å². The van der Waals surface area contributed by atoms with Crippen LogP contribution in [0.5, 0.6) is 0 Å². The van der Waals surface area contributed by atoms with Crippen LogP contribution in [0, 0.1) is 0 Å². The third-order valence-corrected chi connectivity index (χ3v) is 4.81. The molecule has 4 nitrogen and oxygen atoms in total. The van der Waals surface area contributed by atoms with Crippen molar-refractivity contribution >= 4 is 39.1 Å². The number of rotatable bonds is 4. The van der Waals surface area contributed by atoms with E-state index in [0.29, 0.717) is 5.82 Å². The third kappa shape index (κ3) is 2.47. The van der Waals surface area contributed by atoms with Crippen LogP contribution >= 0.6 is 11.3 Å². The highest BCUT2D eigenvalue weighted by atomic mass is 32.1. The Morgan fingerprint density at radius 2 is 2.09 bits per heavy atom. The van der Waals surface area contributed by atoms with E-state index in [1.54, 1.807) is 11.3 Å². The van der Waals surface area contributed by atoms with Gasteiger partial charge in [0.05, 0.1) is 5.52 Å². The number of aromatic amines is 1. The second-order valence-corrected chi connectivity index (χ2v) is 6.53. The summed E-state index contributed by atoms with van der Waals surface area (Å²) in [5.41, 5.74) is 11.2. The maximum atomic E-state index is 6.15. The van der Waals surface area contributed by atoms with Crippen molar-refractivity contribution in [2.24, 2.45) is 0 Å². The number of nitrogens with two attached hydrogens (primary N) is 1. The Morgan fingerprint density at radius 3 is 2.87 bits per heavy atom. The minimum absolute atomic E-state index is 0.519. The molecule has 0 bridgehead atoms. The average molecular weight is 322 g/mol. The van der Waals surface area contributed by atoms with Crippen LogP contribution in [-0.2, 0) is 6.42 Å². The molecule has 3 N–H and O–H groups in total. The number of imidazole rings is 1. The van der Waals surface area contributed by atoms with E-state index < -0.39 is 0 Å². The Labute approximate surface area is 138 Å². The number of aromatic nitrogens is 3. The Balaban J connectivity index is 1.89. The molecule has 3 aromatic heterocycles. The van der Waals surface area contributed by atoms with Crippen LogP contribution < -0.4 is 5.73 Å². The number of unbranched alkanes of at least 4 members (excludes halogenated alkanes) is 1. The van der Waals surface area contributed by atoms with E-state index in [0.717, 1.165) is 52.6 Å². The van der Waals surface area contributed by atoms with E-state index in [2.05, 4.69) is 51.9 Å². The number of anilines is 1. The second-order valence-electron chi connectivity index (χ2n) is 5.75. The van der Waals surface area contributed by atoms with Crippen LogP contribution in [0.1, 0.15) is 25.6 Å². The summed E-state index contributed by atoms with van der Waals surface area (Å²) in [6.07, 6.45) is 3.21. The van der Waals surface area contributed by atoms with Crippen molar-refractivity contribution in [3.8, 4) is 11.1 Å². The molecule has 23 heavy (non-hydrogen) atoms. The number of hydrogen-bond donors (Lipinski definition) is 2. The van der Waals surface area contributed by atoms with E-state index in [1.165, 1.54) is 5.56 Å². The molecule has 0 aliphatic rings. The van der Waals surface area contributed by atoms with Gasteiger partial charge < -0.3 is 10.7 Å². The highest BCUT2D eigenvalue weighted by Gasteiger charge is 2.12. The summed E-state index contributed by atoms with van der Waals surface area (Å²) in [5, 5.41) is 5.27. The molecular weight excluding hydrogens is 304 g/mol. The van der Waals surface area contributed by atoms with Gasteiger partial charge in [-0.05, 0) is 46.5 Å². The molecule has 116 valence electrons. The third-order valence-electron chi connectivity index (χ3n) is 4.12. The largest absolute Gasteiger partial charge is 0.382 e. The second kappa shape index (κ2) is 5.66. The number of hydrogen-bond acceptors (Lipinski definition) is 4. The Morgan fingerprint density at radius 1 is 1.17 bits per heavy atom. The number of fused-ring (bicyclic) bond motifs is 3. The number of nitrogen functional groups attached to an aromatic ring is 1. The Bertz CT molecular complexity index is 970. The van der Waals surface area contributed by atoms with Crippen LogP contribution in [-0.4, -0.2) is 15.0 Å². The quantitative estimate of drug-likeness (QED) is 0.569. The lowest BCUT2D eigenvalue weighted by atomic mass is 10.1. The highest BCUT2D eigenvalue weighted by molar-refractivity contribution is 7.08. The Kier molecular flexibility index (Phi) is 3.50. The minimum Gasteiger partial charge on any atom is -0.382 e. The van der Waals surface area contributed by atoms with Crippen molar-refractivity contribution in [3.63, 3.8) is 0 Å². The SMILES string of the molecule is CCCCc1nc2c([nH]1)c(N)nc1cc(-c3ccsc3)ccc12. The van der Waals surface area contributed by atoms with Gasteiger partial charge in [0.2, 0.25) is 0 Å². The summed E-state index contributed by atoms with van der Waals surface area (Å²) in [7, 11) is 0. The van der Waals surface area contributed by atoms with Gasteiger partial charge in [0, 0.05) is 11.8 Å². The summed E-state index contributed by atoms with van der Waals surface area (Å²) < 4.78 is 0. The number of thiophene rings is 1. The van der Waals surface area contributed by atoms with Crippen molar-refractivity contribution in [1.29, 1.82) is 0 Å². The van der Waals surface area contributed by atoms with E-state index in [9.17, 15) is 0 Å². The van der Waals surface area contributed by atoms with Gasteiger partial charge in [-0.3, -0.25) is 0 Å². The number of aryl methyl sites for hydroxylation is 1. The minimum atomic E-state index is 0.519. The first-order valence-corrected chi connectivity index (χ1v) is 8.81. The van der Waals surface area contributed by atoms with E-state index in [1.807, 2.05) is 0 Å². The first-order valence-electron chi connectivity index (χ1n) is 7.86. The fourth-order valence-corrected chi connectivity index (χ4v) is 3.55. The van der Waals surface area contributed by atoms with E-state index >= 15 is 0 Å². The summed E-state index contributed by atoms with van der Waals surface area (Å²) in [6, 6.07) is 8.43. The van der Waals surface area contributed by atoms with E-state index in [-0.39, 0.29) is 0 Å². The zero-order valence-corrected chi connectivity index (χ0v) is 13.8. The van der Waals surface area contributed by atoms with Gasteiger partial charge in [0.25, 0.3) is 0 Å². The number of H-pyrrole nitrogens is 1. The predicted molar refractivity (Wildman–Crippen MR) is 97.7 cm³/mol. The van der Waals surface area contributed by atoms with Crippen molar-refractivity contribution in [1.82, 2.24) is 15.0 Å². The molecule has 4 aromatic rings. The topological polar surface area (TPSA) is 67.6 Å². The van der Waals surface area contributed by atoms with Gasteiger partial charge in [0.15, 0.2) is 0 Å². The van der Waals surface area contributed by atoms with Gasteiger partial charge in [-0.2, -0.15) is 11.3 Å². The maximum absolute atomic E-state index is 6.15. The molecule has 0 unspecified atom stereocenters. The Hall–Kier alpha value is -2.40. The van der Waals surface area contributed by atoms with E-state index in [4.69, 9.17) is 10.7 Å². The molecule has 0 fully saturated rings. The summed E-state index contributed by atoms with van der Waals surface area (Å²) in [6.45, 7) is 2.18. The lowest BCUT2D eigenvalue weighted by molar-refractivity contribution is 0.765. The normalized spacial score (nSPS) is 11.5. The monoisotopic (exact) mass is 322 g/mol. The van der Waals surface area contributed by atoms with Gasteiger partial charge in [0.1, 0.15) is 22.7 Å². The van der Waals surface area contributed by atoms with Crippen molar-refractivity contribution in [3.05, 3.63) is 40.8 Å². The molecule has 0 aliphatic heterocycles. The molecule has 1 aromatic carbocycles. The molecule has 5 heteroatoms. The first-order chi connectivity index (χ1) is 11.3. The highest BCUT2D eigenvalue weighted by Crippen LogP contribution is 2.30. The number of nitrogens with one attached hydrogen (secondary N) is 1. The summed E-state index contributed by atoms with van der Waals surface area (Å²) >= 11 is 1.69. The fraction of sp³-hybridized carbons (Fsp3) is 0.222. The first kappa shape index (κ1) is 14.2. The number of benzene rings is 1. The van der Waals surface area contributed by atoms with Crippen LogP contribution in [0.3, 0.4) is 0 Å². The van der Waals surface area contributed by atoms with Gasteiger partial charge in [-0.25, -0.2) is 9.97 Å². The van der Waals surface area contributed by atoms with Gasteiger partial charge in [-0.1, -0.05) is 19.4 Å². The predicted octanol–water partition coefficient (Wildman–Crippen LogP) is 4.76. The van der Waals surface area contributed by atoms with Crippen LogP contribution in [0.2, 0.25) is 0 Å². The molecule has 0 saturated carbocycles. The van der Waals surface area contributed by atoms with Crippen molar-refractivity contribution < 1.29 is 0 Å². The van der Waals surface area contributed by atoms with Crippen LogP contribution in [0.25, 0.3) is 33.1 Å². The van der Waals surface area contributed by atoms with Gasteiger partial charge >= 0.3 is 0 Å². The smallest absolute Gasteiger partial charge is 0.150 e. The zero-order chi connectivity index (χ0) is 15.8. The van der Waals surface area contributed by atoms with Crippen LogP contribution in [0.15, 0.2) is 35.0 Å². The maximum Gasteiger partial charge on any atom is 0.150 e. The van der Waals surface area contributed by atoms with Crippen molar-refractivity contribution in [2.45, 2.75) is 26.2 Å². The summed E-state index contributed by atoms with van der Waals surface area (Å²) in [4.78, 5) is 12.7. The lowest BCUT2D eigenvalue weighted by Crippen LogP contribution is -1.93. The molecule has 0 spiro atoms. The molecule has 0 saturated heterocycles. The molecule has 0 amide bonds. The molecule has 3 heterocycles. The van der Waals surface area contributed by atoms with Gasteiger partial charge in [-0.15, -0.1) is 0 Å². The fourth-order valence-electron chi connectivity index (χ4n) is 2.88. The number of nitrogens with zero attached hydrogens (tertiary/aromatic N) is 2. The zero-order valence-electron chi connectivity index (χ0n) is 13.0. The molecular formula is C18H18N4S. The lowest BCUT2D eigenvalue weighted by Gasteiger charge is -2.04. The molecule has 0 aliphatic carbocycles. The molecule has 0 radical (unpaired) electrons. The number of pyridine rings is 1. The summed E-state index contributed by atoms with van der Waals surface area (Å²) in [5.74, 6) is 1.51. The molecule has 0 atom stereocenters.